The van der Waals surface area contributed by atoms with Gasteiger partial charge in [-0.25, -0.2) is 0 Å². The molecule has 1 saturated heterocycles. The number of rotatable bonds is 4. The Morgan fingerprint density at radius 3 is 2.89 bits per heavy atom. The molecule has 1 heterocycles. The van der Waals surface area contributed by atoms with Crippen LogP contribution >= 0.6 is 0 Å². The third-order valence-corrected chi connectivity index (χ3v) is 3.21. The topological polar surface area (TPSA) is 29.5 Å². The van der Waals surface area contributed by atoms with Gasteiger partial charge in [-0.3, -0.25) is 9.69 Å². The smallest absolute Gasteiger partial charge is 0.310 e. The molecule has 1 fully saturated rings. The summed E-state index contributed by atoms with van der Waals surface area (Å²) in [6, 6.07) is 9.75. The largest absolute Gasteiger partial charge is 0.466 e. The molecule has 2 unspecified atom stereocenters. The molecule has 3 nitrogen and oxygen atoms in total. The molecule has 0 aromatic heterocycles. The first-order valence-electron chi connectivity index (χ1n) is 7.42. The van der Waals surface area contributed by atoms with Gasteiger partial charge in [0, 0.05) is 22.3 Å². The van der Waals surface area contributed by atoms with E-state index in [0.29, 0.717) is 19.7 Å². The minimum absolute atomic E-state index is 0.292. The number of hydrogen-bond acceptors (Lipinski definition) is 3. The van der Waals surface area contributed by atoms with Crippen molar-refractivity contribution in [1.29, 1.82) is 0 Å². The van der Waals surface area contributed by atoms with Crippen molar-refractivity contribution in [3.8, 4) is 0 Å². The number of carbonyl (C=O) groups excluding carboxylic acids is 1. The van der Waals surface area contributed by atoms with Gasteiger partial charge in [-0.2, -0.15) is 0 Å². The number of carbonyl (C=O) groups is 1. The Bertz CT molecular complexity index is 464. The Balaban J connectivity index is 2.12. The highest BCUT2D eigenvalue weighted by molar-refractivity contribution is 5.73. The molecule has 2 rings (SSSR count). The van der Waals surface area contributed by atoms with Crippen molar-refractivity contribution in [2.75, 3.05) is 19.6 Å². The monoisotopic (exact) mass is 249 g/mol. The molecule has 1 aliphatic heterocycles. The second kappa shape index (κ2) is 6.01. The van der Waals surface area contributed by atoms with Gasteiger partial charge < -0.3 is 4.74 Å². The van der Waals surface area contributed by atoms with Crippen molar-refractivity contribution < 1.29 is 12.3 Å². The SMILES string of the molecule is [2H]C1([2H])C(C)C(C(=O)OCC)CN1Cc1ccccc1. The molecule has 18 heavy (non-hydrogen) atoms. The van der Waals surface area contributed by atoms with E-state index in [1.54, 1.807) is 18.7 Å². The Kier molecular flexibility index (Phi) is 3.52. The summed E-state index contributed by atoms with van der Waals surface area (Å²) in [4.78, 5) is 13.7. The van der Waals surface area contributed by atoms with Crippen LogP contribution in [0.15, 0.2) is 30.3 Å². The number of hydrogen-bond donors (Lipinski definition) is 0. The van der Waals surface area contributed by atoms with E-state index in [-0.39, 0.29) is 11.9 Å². The summed E-state index contributed by atoms with van der Waals surface area (Å²) in [5.74, 6) is -1.06. The molecule has 1 aromatic rings. The van der Waals surface area contributed by atoms with Gasteiger partial charge >= 0.3 is 5.97 Å². The van der Waals surface area contributed by atoms with E-state index < -0.39 is 12.4 Å². The highest BCUT2D eigenvalue weighted by Crippen LogP contribution is 2.25. The van der Waals surface area contributed by atoms with Crippen LogP contribution in [0.1, 0.15) is 22.2 Å². The lowest BCUT2D eigenvalue weighted by Crippen LogP contribution is -2.25. The van der Waals surface area contributed by atoms with Crippen molar-refractivity contribution in [2.45, 2.75) is 20.4 Å². The Labute approximate surface area is 112 Å². The standard InChI is InChI=1S/C15H21NO2/c1-3-18-15(17)14-11-16(9-12(14)2)10-13-7-5-4-6-8-13/h4-8,12,14H,3,9-11H2,1-2H3/i9D2. The van der Waals surface area contributed by atoms with Crippen LogP contribution in [0.3, 0.4) is 0 Å². The molecule has 3 heteroatoms. The van der Waals surface area contributed by atoms with Crippen LogP contribution < -0.4 is 0 Å². The second-order valence-corrected chi connectivity index (χ2v) is 4.64. The van der Waals surface area contributed by atoms with E-state index in [9.17, 15) is 4.79 Å². The Hall–Kier alpha value is -1.35. The molecule has 98 valence electrons. The van der Waals surface area contributed by atoms with Crippen LogP contribution in [0.2, 0.25) is 0 Å². The van der Waals surface area contributed by atoms with E-state index in [1.807, 2.05) is 30.3 Å². The third kappa shape index (κ3) is 3.10. The molecular formula is C15H21NO2. The summed E-state index contributed by atoms with van der Waals surface area (Å²) in [5, 5.41) is 0. The normalized spacial score (nSPS) is 28.6. The average molecular weight is 249 g/mol. The van der Waals surface area contributed by atoms with Crippen molar-refractivity contribution in [3.63, 3.8) is 0 Å². The fourth-order valence-corrected chi connectivity index (χ4v) is 2.27. The minimum Gasteiger partial charge on any atom is -0.466 e. The van der Waals surface area contributed by atoms with Crippen LogP contribution in [0.4, 0.5) is 0 Å². The minimum atomic E-state index is -1.49. The van der Waals surface area contributed by atoms with Gasteiger partial charge in [-0.05, 0) is 18.4 Å². The third-order valence-electron chi connectivity index (χ3n) is 3.21. The number of likely N-dealkylation sites (tertiary alicyclic amines) is 1. The Morgan fingerprint density at radius 2 is 2.22 bits per heavy atom. The molecule has 0 aliphatic carbocycles. The van der Waals surface area contributed by atoms with Gasteiger partial charge in [0.15, 0.2) is 0 Å². The highest BCUT2D eigenvalue weighted by Gasteiger charge is 2.35. The number of nitrogens with zero attached hydrogens (tertiary/aromatic N) is 1. The summed E-state index contributed by atoms with van der Waals surface area (Å²) in [7, 11) is 0. The summed E-state index contributed by atoms with van der Waals surface area (Å²) in [6.07, 6.45) is 0. The van der Waals surface area contributed by atoms with Gasteiger partial charge in [-0.1, -0.05) is 37.3 Å². The summed E-state index contributed by atoms with van der Waals surface area (Å²) < 4.78 is 21.5. The quantitative estimate of drug-likeness (QED) is 0.767. The maximum Gasteiger partial charge on any atom is 0.310 e. The Morgan fingerprint density at radius 1 is 1.50 bits per heavy atom. The van der Waals surface area contributed by atoms with Crippen molar-refractivity contribution in [1.82, 2.24) is 4.90 Å². The van der Waals surface area contributed by atoms with E-state index in [4.69, 9.17) is 7.48 Å². The molecular weight excluding hydrogens is 226 g/mol. The van der Waals surface area contributed by atoms with Gasteiger partial charge in [0.1, 0.15) is 0 Å². The molecule has 0 N–H and O–H groups in total. The lowest BCUT2D eigenvalue weighted by molar-refractivity contribution is -0.148. The van der Waals surface area contributed by atoms with Gasteiger partial charge in [0.2, 0.25) is 0 Å². The van der Waals surface area contributed by atoms with Crippen LogP contribution in [-0.4, -0.2) is 30.5 Å². The van der Waals surface area contributed by atoms with E-state index >= 15 is 0 Å². The average Bonchev–Trinajstić information content (AvgIpc) is 2.64. The first-order valence-corrected chi connectivity index (χ1v) is 6.42. The van der Waals surface area contributed by atoms with Gasteiger partial charge in [-0.15, -0.1) is 0 Å². The predicted molar refractivity (Wildman–Crippen MR) is 71.0 cm³/mol. The molecule has 0 radical (unpaired) electrons. The van der Waals surface area contributed by atoms with Crippen molar-refractivity contribution in [3.05, 3.63) is 35.9 Å². The lowest BCUT2D eigenvalue weighted by atomic mass is 9.99. The predicted octanol–water partition coefficient (Wildman–Crippen LogP) is 2.32. The first kappa shape index (κ1) is 10.6. The van der Waals surface area contributed by atoms with Crippen LogP contribution in [0.5, 0.6) is 0 Å². The molecule has 2 atom stereocenters. The fraction of sp³-hybridized carbons (Fsp3) is 0.533. The van der Waals surface area contributed by atoms with E-state index in [2.05, 4.69) is 0 Å². The number of ether oxygens (including phenoxy) is 1. The number of benzene rings is 1. The second-order valence-electron chi connectivity index (χ2n) is 4.64. The summed E-state index contributed by atoms with van der Waals surface area (Å²) in [5.41, 5.74) is 1.05. The summed E-state index contributed by atoms with van der Waals surface area (Å²) >= 11 is 0. The molecule has 0 bridgehead atoms. The number of esters is 1. The van der Waals surface area contributed by atoms with E-state index in [1.165, 1.54) is 0 Å². The lowest BCUT2D eigenvalue weighted by Gasteiger charge is -2.15. The molecule has 0 amide bonds. The zero-order valence-corrected chi connectivity index (χ0v) is 10.9. The van der Waals surface area contributed by atoms with Crippen molar-refractivity contribution in [2.24, 2.45) is 11.8 Å². The highest BCUT2D eigenvalue weighted by atomic mass is 16.5. The fourth-order valence-electron chi connectivity index (χ4n) is 2.27. The van der Waals surface area contributed by atoms with Crippen LogP contribution in [0.25, 0.3) is 0 Å². The van der Waals surface area contributed by atoms with Crippen molar-refractivity contribution >= 4 is 5.97 Å². The molecule has 0 spiro atoms. The molecule has 0 saturated carbocycles. The zero-order chi connectivity index (χ0) is 14.8. The van der Waals surface area contributed by atoms with Crippen LogP contribution in [0, 0.1) is 11.8 Å². The maximum atomic E-state index is 11.9. The molecule has 1 aliphatic rings. The molecule has 1 aromatic carbocycles. The van der Waals surface area contributed by atoms with Gasteiger partial charge in [0.25, 0.3) is 0 Å². The zero-order valence-electron chi connectivity index (χ0n) is 12.9. The van der Waals surface area contributed by atoms with Gasteiger partial charge in [0.05, 0.1) is 12.5 Å². The summed E-state index contributed by atoms with van der Waals surface area (Å²) in [6.45, 7) is 3.31. The van der Waals surface area contributed by atoms with Crippen LogP contribution in [-0.2, 0) is 16.1 Å². The first-order chi connectivity index (χ1) is 9.46. The van der Waals surface area contributed by atoms with E-state index in [0.717, 1.165) is 5.56 Å². The maximum absolute atomic E-state index is 11.9.